The van der Waals surface area contributed by atoms with Gasteiger partial charge in [0.05, 0.1) is 0 Å². The van der Waals surface area contributed by atoms with E-state index in [0.717, 1.165) is 61.5 Å². The molecule has 0 N–H and O–H groups in total. The van der Waals surface area contributed by atoms with Gasteiger partial charge in [0.1, 0.15) is 0 Å². The second kappa shape index (κ2) is 13.2. The minimum Gasteiger partial charge on any atom is -0.457 e. The highest BCUT2D eigenvalue weighted by atomic mass is 16.8. The van der Waals surface area contributed by atoms with Crippen LogP contribution >= 0.6 is 0 Å². The van der Waals surface area contributed by atoms with Gasteiger partial charge in [-0.05, 0) is 0 Å². The Kier molecular flexibility index (Phi) is 9.78. The minimum absolute atomic E-state index is 0.966. The fraction of sp³-hybridized carbons (Fsp3) is 0. The predicted molar refractivity (Wildman–Crippen MR) is 123 cm³/mol. The van der Waals surface area contributed by atoms with Crippen LogP contribution in [0.3, 0.4) is 0 Å². The van der Waals surface area contributed by atoms with Gasteiger partial charge >= 0.3 is 132 Å². The topological polar surface area (TPSA) is 166 Å². The van der Waals surface area contributed by atoms with E-state index in [0.29, 0.717) is 0 Å². The third-order valence-electron chi connectivity index (χ3n) is 4.68. The van der Waals surface area contributed by atoms with Gasteiger partial charge < -0.3 is 82.3 Å². The van der Waals surface area contributed by atoms with Gasteiger partial charge in [0.2, 0.25) is 0 Å². The Bertz CT molecular complexity index is 618. The first kappa shape index (κ1) is 26.7. The zero-order valence-corrected chi connectivity index (χ0v) is 17.7. The molecule has 6 saturated heterocycles. The van der Waals surface area contributed by atoms with Crippen molar-refractivity contribution in [3.8, 4) is 0 Å². The molecule has 36 heteroatoms. The summed E-state index contributed by atoms with van der Waals surface area (Å²) in [5.41, 5.74) is 0. The lowest BCUT2D eigenvalue weighted by atomic mass is 9.34. The van der Waals surface area contributed by atoms with Gasteiger partial charge in [-0.15, -0.1) is 0 Å². The second-order valence-corrected chi connectivity index (χ2v) is 6.90. The molecule has 0 spiro atoms. The molecule has 0 aromatic carbocycles. The minimum atomic E-state index is -1.16. The molecule has 0 aromatic rings. The lowest BCUT2D eigenvalue weighted by molar-refractivity contribution is 0.257. The van der Waals surface area contributed by atoms with Gasteiger partial charge in [-0.3, -0.25) is 0 Å². The van der Waals surface area contributed by atoms with E-state index < -0.39 is 70.1 Å². The Labute approximate surface area is 214 Å². The summed E-state index contributed by atoms with van der Waals surface area (Å²) in [6.07, 6.45) is 0. The maximum Gasteiger partial charge on any atom is 0.457 e. The average molecular weight is 483 g/mol. The molecule has 0 saturated carbocycles. The molecule has 6 heterocycles. The van der Waals surface area contributed by atoms with Crippen molar-refractivity contribution in [3.05, 3.63) is 0 Å². The van der Waals surface area contributed by atoms with Crippen LogP contribution in [0.25, 0.3) is 0 Å². The van der Waals surface area contributed by atoms with Crippen molar-refractivity contribution < 1.29 is 82.3 Å². The van der Waals surface area contributed by atoms with E-state index >= 15 is 0 Å². The van der Waals surface area contributed by atoms with E-state index in [-0.39, 0.29) is 0 Å². The molecular weight excluding hydrogens is 483 g/mol. The summed E-state index contributed by atoms with van der Waals surface area (Å²) in [4.78, 5) is 0. The van der Waals surface area contributed by atoms with E-state index in [9.17, 15) is 0 Å². The van der Waals surface area contributed by atoms with Crippen molar-refractivity contribution in [1.29, 1.82) is 0 Å². The molecule has 18 nitrogen and oxygen atoms in total. The molecule has 0 amide bonds. The number of rotatable bonds is 5. The van der Waals surface area contributed by atoms with Gasteiger partial charge in [0, 0.05) is 0 Å². The summed E-state index contributed by atoms with van der Waals surface area (Å²) >= 11 is 0. The molecule has 0 aliphatic carbocycles. The predicted octanol–water partition coefficient (Wildman–Crippen LogP) is -8.09. The molecule has 6 aliphatic heterocycles. The van der Waals surface area contributed by atoms with Crippen molar-refractivity contribution in [2.24, 2.45) is 0 Å². The molecule has 0 atom stereocenters. The Hall–Kier alpha value is 0.449. The van der Waals surface area contributed by atoms with Crippen LogP contribution in [0.1, 0.15) is 0 Å². The first-order valence-electron chi connectivity index (χ1n) is 10.2. The highest BCUT2D eigenvalue weighted by Crippen LogP contribution is 2.19. The van der Waals surface area contributed by atoms with Crippen molar-refractivity contribution in [2.75, 3.05) is 0 Å². The summed E-state index contributed by atoms with van der Waals surface area (Å²) in [7, 11) is -2.58. The summed E-state index contributed by atoms with van der Waals surface area (Å²) < 4.78 is 94.9. The third kappa shape index (κ3) is 6.59. The zero-order valence-electron chi connectivity index (χ0n) is 17.7. The summed E-state index contributed by atoms with van der Waals surface area (Å²) in [5, 5.41) is 0. The fourth-order valence-corrected chi connectivity index (χ4v) is 3.09. The third-order valence-corrected chi connectivity index (χ3v) is 4.68. The molecule has 8 radical (unpaired) electrons. The van der Waals surface area contributed by atoms with Crippen molar-refractivity contribution in [2.45, 2.75) is 0 Å². The molecule has 6 aliphatic rings. The van der Waals surface area contributed by atoms with Crippen LogP contribution in [-0.4, -0.2) is 132 Å². The molecule has 6 fully saturated rings. The number of hydrogen-bond donors (Lipinski definition) is 0. The van der Waals surface area contributed by atoms with E-state index in [1.54, 1.807) is 0 Å². The smallest absolute Gasteiger partial charge is 0.457 e. The molecular formula is B18O18. The highest BCUT2D eigenvalue weighted by molar-refractivity contribution is 7.28. The van der Waals surface area contributed by atoms with Gasteiger partial charge in [-0.2, -0.15) is 0 Å². The Morgan fingerprint density at radius 2 is 0.417 bits per heavy atom. The van der Waals surface area contributed by atoms with Crippen LogP contribution in [0, 0.1) is 0 Å². The molecule has 6 rings (SSSR count). The van der Waals surface area contributed by atoms with Crippen LogP contribution < -0.4 is 0 Å². The van der Waals surface area contributed by atoms with Crippen LogP contribution in [0.2, 0.25) is 0 Å². The van der Waals surface area contributed by atoms with Gasteiger partial charge in [-0.25, -0.2) is 0 Å². The fourth-order valence-electron chi connectivity index (χ4n) is 3.09. The highest BCUT2D eigenvalue weighted by Gasteiger charge is 2.59. The summed E-state index contributed by atoms with van der Waals surface area (Å²) in [6.45, 7) is 0. The lowest BCUT2D eigenvalue weighted by Crippen LogP contribution is -2.68. The summed E-state index contributed by atoms with van der Waals surface area (Å²) in [5.74, 6) is 0. The maximum absolute atomic E-state index is 5.73. The monoisotopic (exact) mass is 486 g/mol. The van der Waals surface area contributed by atoms with Gasteiger partial charge in [-0.1, -0.05) is 0 Å². The van der Waals surface area contributed by atoms with Crippen LogP contribution in [0.4, 0.5) is 0 Å². The van der Waals surface area contributed by atoms with Crippen LogP contribution in [-0.2, 0) is 82.3 Å². The van der Waals surface area contributed by atoms with Crippen LogP contribution in [0.15, 0.2) is 0 Å². The Balaban J connectivity index is 1.02. The van der Waals surface area contributed by atoms with E-state index in [1.807, 2.05) is 0 Å². The van der Waals surface area contributed by atoms with Crippen molar-refractivity contribution in [1.82, 2.24) is 0 Å². The van der Waals surface area contributed by atoms with E-state index in [2.05, 4.69) is 0 Å². The lowest BCUT2D eigenvalue weighted by Gasteiger charge is -2.37. The first-order chi connectivity index (χ1) is 17.8. The molecule has 0 unspecified atom stereocenters. The van der Waals surface area contributed by atoms with E-state index in [1.165, 1.54) is 0 Å². The zero-order chi connectivity index (χ0) is 24.2. The van der Waals surface area contributed by atoms with Crippen molar-refractivity contribution in [3.63, 3.8) is 0 Å². The van der Waals surface area contributed by atoms with E-state index in [4.69, 9.17) is 82.3 Å². The largest absolute Gasteiger partial charge is 0.457 e. The maximum atomic E-state index is 5.73. The van der Waals surface area contributed by atoms with Gasteiger partial charge in [0.15, 0.2) is 0 Å². The second-order valence-electron chi connectivity index (χ2n) is 6.90. The first-order valence-corrected chi connectivity index (χ1v) is 10.2. The Morgan fingerprint density at radius 3 is 0.667 bits per heavy atom. The average Bonchev–Trinajstić information content (AvgIpc) is 2.98. The molecule has 162 valence electrons. The SMILES string of the molecule is [B]1O[B]OB(B2O[B]OB(B3O[B]OB(B4O[B]OB(B5O[B]OB(B6O[B]O[B]O6)O5)O4)O3)O2)O1. The normalized spacial score (nSPS) is 25.6. The molecule has 0 bridgehead atoms. The van der Waals surface area contributed by atoms with Crippen molar-refractivity contribution >= 4 is 132 Å². The molecule has 0 aromatic heterocycles. The van der Waals surface area contributed by atoms with Crippen LogP contribution in [0.5, 0.6) is 0 Å². The quantitative estimate of drug-likeness (QED) is 0.338. The summed E-state index contributed by atoms with van der Waals surface area (Å²) in [6, 6.07) is 0. The number of hydrogen-bond acceptors (Lipinski definition) is 18. The standard InChI is InChI=1S/B18O18/c1-19-2-22-9(21-1)11-25-5-27-13(33-11)15-29-7-31-17(35-15)18-32-8-30-16(36-18)14-28-6-26-12(34-14)10-23-3-20-4-24-10. The molecule has 36 heavy (non-hydrogen) atoms. The van der Waals surface area contributed by atoms with Gasteiger partial charge in [0.25, 0.3) is 0 Å². The Morgan fingerprint density at radius 1 is 0.222 bits per heavy atom.